The second-order valence-electron chi connectivity index (χ2n) is 6.93. The Morgan fingerprint density at radius 1 is 1.43 bits per heavy atom. The smallest absolute Gasteiger partial charge is 0.248 e. The van der Waals surface area contributed by atoms with E-state index >= 15 is 0 Å². The van der Waals surface area contributed by atoms with Gasteiger partial charge >= 0.3 is 0 Å². The molecule has 1 unspecified atom stereocenters. The molecule has 5 nitrogen and oxygen atoms in total. The fraction of sp³-hybridized carbons (Fsp3) is 0.667. The van der Waals surface area contributed by atoms with Gasteiger partial charge in [-0.3, -0.25) is 14.7 Å². The van der Waals surface area contributed by atoms with E-state index in [2.05, 4.69) is 23.0 Å². The lowest BCUT2D eigenvalue weighted by molar-refractivity contribution is -0.134. The van der Waals surface area contributed by atoms with Crippen LogP contribution < -0.4 is 0 Å². The number of carbonyl (C=O) groups excluding carboxylic acids is 1. The van der Waals surface area contributed by atoms with Crippen molar-refractivity contribution in [2.75, 3.05) is 33.9 Å². The predicted molar refractivity (Wildman–Crippen MR) is 88.8 cm³/mol. The molecule has 0 spiro atoms. The summed E-state index contributed by atoms with van der Waals surface area (Å²) in [5.74, 6) is 1.37. The summed E-state index contributed by atoms with van der Waals surface area (Å²) < 4.78 is 5.01. The maximum atomic E-state index is 12.1. The van der Waals surface area contributed by atoms with Crippen LogP contribution in [-0.2, 0) is 16.1 Å². The van der Waals surface area contributed by atoms with Crippen LogP contribution in [0.2, 0.25) is 0 Å². The lowest BCUT2D eigenvalue weighted by Crippen LogP contribution is -2.43. The molecule has 5 heteroatoms. The van der Waals surface area contributed by atoms with Crippen molar-refractivity contribution < 1.29 is 9.53 Å². The minimum Gasteiger partial charge on any atom is -0.375 e. The van der Waals surface area contributed by atoms with Crippen LogP contribution in [0.25, 0.3) is 0 Å². The normalized spacial score (nSPS) is 27.3. The molecule has 3 atom stereocenters. The molecule has 1 aliphatic carbocycles. The van der Waals surface area contributed by atoms with Crippen LogP contribution in [0.4, 0.5) is 0 Å². The molecule has 0 aromatic carbocycles. The van der Waals surface area contributed by atoms with Crippen LogP contribution in [0.5, 0.6) is 0 Å². The van der Waals surface area contributed by atoms with Crippen molar-refractivity contribution in [2.45, 2.75) is 31.8 Å². The summed E-state index contributed by atoms with van der Waals surface area (Å²) in [5, 5.41) is 0. The summed E-state index contributed by atoms with van der Waals surface area (Å²) in [6.45, 7) is 2.92. The van der Waals surface area contributed by atoms with Gasteiger partial charge in [0.1, 0.15) is 6.61 Å². The maximum Gasteiger partial charge on any atom is 0.248 e. The summed E-state index contributed by atoms with van der Waals surface area (Å²) in [7, 11) is 3.80. The lowest BCUT2D eigenvalue weighted by Gasteiger charge is -2.39. The standard InChI is InChI=1S/C18H27N3O2/c1-20(10-14-5-4-8-19-9-14)17-7-3-6-15-11-21(12-16(15)17)18(22)13-23-2/h4-5,8-9,15-17H,3,6-7,10-13H2,1-2H3/t15-,16+,17?/m1/s1. The van der Waals surface area contributed by atoms with Gasteiger partial charge < -0.3 is 9.64 Å². The van der Waals surface area contributed by atoms with Gasteiger partial charge in [-0.2, -0.15) is 0 Å². The van der Waals surface area contributed by atoms with Crippen molar-refractivity contribution in [1.29, 1.82) is 0 Å². The van der Waals surface area contributed by atoms with Crippen molar-refractivity contribution in [3.8, 4) is 0 Å². The van der Waals surface area contributed by atoms with E-state index in [0.29, 0.717) is 17.9 Å². The van der Waals surface area contributed by atoms with Gasteiger partial charge in [0.2, 0.25) is 5.91 Å². The fourth-order valence-corrected chi connectivity index (χ4v) is 4.30. The quantitative estimate of drug-likeness (QED) is 0.830. The molecule has 1 amide bonds. The Morgan fingerprint density at radius 3 is 3.04 bits per heavy atom. The molecule has 1 saturated heterocycles. The minimum atomic E-state index is 0.135. The number of aromatic nitrogens is 1. The Bertz CT molecular complexity index is 522. The summed E-state index contributed by atoms with van der Waals surface area (Å²) in [6, 6.07) is 4.68. The van der Waals surface area contributed by atoms with Gasteiger partial charge in [-0.05, 0) is 43.4 Å². The molecule has 1 aromatic rings. The summed E-state index contributed by atoms with van der Waals surface area (Å²) in [4.78, 5) is 20.8. The van der Waals surface area contributed by atoms with E-state index in [1.54, 1.807) is 7.11 Å². The molecule has 3 rings (SSSR count). The van der Waals surface area contributed by atoms with Crippen LogP contribution in [0.15, 0.2) is 24.5 Å². The molecule has 1 aliphatic heterocycles. The van der Waals surface area contributed by atoms with Crippen LogP contribution >= 0.6 is 0 Å². The van der Waals surface area contributed by atoms with E-state index in [1.165, 1.54) is 24.8 Å². The Labute approximate surface area is 138 Å². The lowest BCUT2D eigenvalue weighted by atomic mass is 9.77. The molecule has 1 aromatic heterocycles. The average Bonchev–Trinajstić information content (AvgIpc) is 3.00. The molecule has 23 heavy (non-hydrogen) atoms. The van der Waals surface area contributed by atoms with Crippen molar-refractivity contribution in [3.63, 3.8) is 0 Å². The van der Waals surface area contributed by atoms with E-state index < -0.39 is 0 Å². The number of carbonyl (C=O) groups is 1. The topological polar surface area (TPSA) is 45.7 Å². The van der Waals surface area contributed by atoms with Gasteiger partial charge in [0.25, 0.3) is 0 Å². The number of pyridine rings is 1. The van der Waals surface area contributed by atoms with Crippen LogP contribution in [0.1, 0.15) is 24.8 Å². The van der Waals surface area contributed by atoms with E-state index in [0.717, 1.165) is 19.6 Å². The highest BCUT2D eigenvalue weighted by Gasteiger charge is 2.42. The fourth-order valence-electron chi connectivity index (χ4n) is 4.30. The summed E-state index contributed by atoms with van der Waals surface area (Å²) >= 11 is 0. The SMILES string of the molecule is COCC(=O)N1C[C@H]2CCCC(N(C)Cc3cccnc3)[C@H]2C1. The monoisotopic (exact) mass is 317 g/mol. The zero-order chi connectivity index (χ0) is 16.2. The zero-order valence-electron chi connectivity index (χ0n) is 14.1. The molecular formula is C18H27N3O2. The molecule has 0 radical (unpaired) electrons. The molecule has 0 N–H and O–H groups in total. The largest absolute Gasteiger partial charge is 0.375 e. The predicted octanol–water partition coefficient (Wildman–Crippen LogP) is 1.79. The zero-order valence-corrected chi connectivity index (χ0v) is 14.1. The first kappa shape index (κ1) is 16.4. The Hall–Kier alpha value is -1.46. The summed E-state index contributed by atoms with van der Waals surface area (Å²) in [5.41, 5.74) is 1.25. The molecule has 1 saturated carbocycles. The number of ether oxygens (including phenoxy) is 1. The average molecular weight is 317 g/mol. The third-order valence-corrected chi connectivity index (χ3v) is 5.40. The third kappa shape index (κ3) is 3.72. The number of fused-ring (bicyclic) bond motifs is 1. The van der Waals surface area contributed by atoms with Gasteiger partial charge in [0, 0.05) is 45.2 Å². The Balaban J connectivity index is 1.64. The second-order valence-corrected chi connectivity index (χ2v) is 6.93. The molecular weight excluding hydrogens is 290 g/mol. The second kappa shape index (κ2) is 7.41. The van der Waals surface area contributed by atoms with E-state index in [4.69, 9.17) is 4.74 Å². The summed E-state index contributed by atoms with van der Waals surface area (Å²) in [6.07, 6.45) is 7.49. The molecule has 2 fully saturated rings. The van der Waals surface area contributed by atoms with E-state index in [-0.39, 0.29) is 12.5 Å². The van der Waals surface area contributed by atoms with Crippen molar-refractivity contribution in [1.82, 2.24) is 14.8 Å². The van der Waals surface area contributed by atoms with Gasteiger partial charge in [-0.25, -0.2) is 0 Å². The number of hydrogen-bond donors (Lipinski definition) is 0. The molecule has 126 valence electrons. The van der Waals surface area contributed by atoms with Gasteiger partial charge in [0.05, 0.1) is 0 Å². The van der Waals surface area contributed by atoms with Gasteiger partial charge in [-0.1, -0.05) is 12.5 Å². The van der Waals surface area contributed by atoms with E-state index in [1.807, 2.05) is 23.4 Å². The highest BCUT2D eigenvalue weighted by Crippen LogP contribution is 2.38. The molecule has 2 aliphatic rings. The van der Waals surface area contributed by atoms with Gasteiger partial charge in [0.15, 0.2) is 0 Å². The number of methoxy groups -OCH3 is 1. The van der Waals surface area contributed by atoms with Crippen molar-refractivity contribution in [2.24, 2.45) is 11.8 Å². The molecule has 0 bridgehead atoms. The van der Waals surface area contributed by atoms with E-state index in [9.17, 15) is 4.79 Å². The van der Waals surface area contributed by atoms with Gasteiger partial charge in [-0.15, -0.1) is 0 Å². The highest BCUT2D eigenvalue weighted by atomic mass is 16.5. The van der Waals surface area contributed by atoms with Crippen LogP contribution in [-0.4, -0.2) is 60.6 Å². The number of amides is 1. The van der Waals surface area contributed by atoms with Crippen LogP contribution in [0.3, 0.4) is 0 Å². The molecule has 2 heterocycles. The first-order valence-corrected chi connectivity index (χ1v) is 8.55. The minimum absolute atomic E-state index is 0.135. The number of likely N-dealkylation sites (tertiary alicyclic amines) is 1. The third-order valence-electron chi connectivity index (χ3n) is 5.40. The van der Waals surface area contributed by atoms with Crippen molar-refractivity contribution in [3.05, 3.63) is 30.1 Å². The Morgan fingerprint density at radius 2 is 2.30 bits per heavy atom. The first-order valence-electron chi connectivity index (χ1n) is 8.55. The Kier molecular flexibility index (Phi) is 5.28. The number of nitrogens with zero attached hydrogens (tertiary/aromatic N) is 3. The highest BCUT2D eigenvalue weighted by molar-refractivity contribution is 5.77. The number of hydrogen-bond acceptors (Lipinski definition) is 4. The van der Waals surface area contributed by atoms with Crippen LogP contribution in [0, 0.1) is 11.8 Å². The number of rotatable bonds is 5. The van der Waals surface area contributed by atoms with Crippen molar-refractivity contribution >= 4 is 5.91 Å². The first-order chi connectivity index (χ1) is 11.2. The maximum absolute atomic E-state index is 12.1.